The van der Waals surface area contributed by atoms with Gasteiger partial charge in [-0.3, -0.25) is 5.10 Å². The van der Waals surface area contributed by atoms with Gasteiger partial charge in [0.1, 0.15) is 15.8 Å². The molecule has 0 bridgehead atoms. The summed E-state index contributed by atoms with van der Waals surface area (Å²) in [4.78, 5) is 4.95. The molecule has 0 saturated heterocycles. The maximum atomic E-state index is 12.6. The Morgan fingerprint density at radius 1 is 1.29 bits per heavy atom. The molecule has 0 amide bonds. The Labute approximate surface area is 143 Å². The van der Waals surface area contributed by atoms with E-state index in [2.05, 4.69) is 25.1 Å². The van der Waals surface area contributed by atoms with Gasteiger partial charge in [0.2, 0.25) is 0 Å². The van der Waals surface area contributed by atoms with E-state index < -0.39 is 16.1 Å². The molecule has 128 valence electrons. The molecule has 3 aromatic rings. The topological polar surface area (TPSA) is 114 Å². The summed E-state index contributed by atoms with van der Waals surface area (Å²) in [5.74, 6) is 1.70. The molecule has 0 unspecified atom stereocenters. The van der Waals surface area contributed by atoms with Crippen LogP contribution < -0.4 is 4.72 Å². The van der Waals surface area contributed by atoms with Gasteiger partial charge < -0.3 is 4.52 Å². The predicted molar refractivity (Wildman–Crippen MR) is 89.1 cm³/mol. The van der Waals surface area contributed by atoms with Gasteiger partial charge in [-0.2, -0.15) is 9.82 Å². The molecule has 0 spiro atoms. The third-order valence-electron chi connectivity index (χ3n) is 3.46. The Balaban J connectivity index is 1.86. The number of rotatable bonds is 5. The molecule has 3 heterocycles. The van der Waals surface area contributed by atoms with Gasteiger partial charge in [-0.1, -0.05) is 5.16 Å². The minimum atomic E-state index is -3.67. The highest BCUT2D eigenvalue weighted by atomic mass is 32.2. The molecule has 3 aromatic heterocycles. The Kier molecular flexibility index (Phi) is 4.28. The average molecular weight is 367 g/mol. The number of aromatic amines is 1. The Hall–Kier alpha value is -2.04. The van der Waals surface area contributed by atoms with Crippen molar-refractivity contribution in [2.75, 3.05) is 0 Å². The average Bonchev–Trinajstić information content (AvgIpc) is 3.20. The zero-order valence-electron chi connectivity index (χ0n) is 13.6. The number of hydrogen-bond acceptors (Lipinski definition) is 7. The molecule has 1 atom stereocenters. The van der Waals surface area contributed by atoms with Crippen LogP contribution in [0.2, 0.25) is 0 Å². The van der Waals surface area contributed by atoms with Crippen LogP contribution in [0.3, 0.4) is 0 Å². The van der Waals surface area contributed by atoms with Crippen LogP contribution in [0.1, 0.15) is 36.1 Å². The van der Waals surface area contributed by atoms with Crippen molar-refractivity contribution in [2.24, 2.45) is 0 Å². The monoisotopic (exact) mass is 367 g/mol. The Morgan fingerprint density at radius 2 is 2.04 bits per heavy atom. The van der Waals surface area contributed by atoms with Crippen LogP contribution in [0, 0.1) is 20.8 Å². The molecule has 10 heteroatoms. The van der Waals surface area contributed by atoms with E-state index >= 15 is 0 Å². The second-order valence-corrected chi connectivity index (χ2v) is 8.46. The zero-order chi connectivity index (χ0) is 17.5. The first-order chi connectivity index (χ1) is 11.3. The molecule has 0 aliphatic rings. The molecular weight excluding hydrogens is 350 g/mol. The summed E-state index contributed by atoms with van der Waals surface area (Å²) >= 11 is 1.17. The summed E-state index contributed by atoms with van der Waals surface area (Å²) in [5, 5.41) is 10.6. The number of hydrogen-bond donors (Lipinski definition) is 2. The molecule has 0 saturated carbocycles. The van der Waals surface area contributed by atoms with E-state index in [0.29, 0.717) is 17.4 Å². The highest BCUT2D eigenvalue weighted by Crippen LogP contribution is 2.34. The van der Waals surface area contributed by atoms with Crippen molar-refractivity contribution in [3.63, 3.8) is 0 Å². The second kappa shape index (κ2) is 6.11. The maximum absolute atomic E-state index is 12.6. The predicted octanol–water partition coefficient (Wildman–Crippen LogP) is 2.49. The Bertz CT molecular complexity index is 951. The molecule has 0 radical (unpaired) electrons. The van der Waals surface area contributed by atoms with E-state index in [4.69, 9.17) is 4.52 Å². The summed E-state index contributed by atoms with van der Waals surface area (Å²) in [6.45, 7) is 7.08. The number of sulfonamides is 1. The highest BCUT2D eigenvalue weighted by molar-refractivity contribution is 7.91. The van der Waals surface area contributed by atoms with Gasteiger partial charge >= 0.3 is 0 Å². The number of nitrogens with one attached hydrogen (secondary N) is 2. The molecule has 3 rings (SSSR count). The maximum Gasteiger partial charge on any atom is 0.250 e. The molecule has 2 N–H and O–H groups in total. The molecule has 0 fully saturated rings. The minimum absolute atomic E-state index is 0.219. The Morgan fingerprint density at radius 3 is 2.62 bits per heavy atom. The van der Waals surface area contributed by atoms with Gasteiger partial charge in [-0.25, -0.2) is 13.4 Å². The van der Waals surface area contributed by atoms with Crippen molar-refractivity contribution in [3.8, 4) is 10.4 Å². The fraction of sp³-hybridized carbons (Fsp3) is 0.357. The largest absolute Gasteiger partial charge is 0.361 e. The van der Waals surface area contributed by atoms with Crippen molar-refractivity contribution in [3.05, 3.63) is 35.2 Å². The van der Waals surface area contributed by atoms with Crippen molar-refractivity contribution in [2.45, 2.75) is 37.9 Å². The SMILES string of the molecule is Cc1nc([C@@H](C)NS(=O)(=O)c2ccc(-c3c(C)noc3C)s2)n[nH]1. The third-order valence-corrected chi connectivity index (χ3v) is 6.59. The lowest BCUT2D eigenvalue weighted by molar-refractivity contribution is 0.393. The van der Waals surface area contributed by atoms with E-state index in [1.54, 1.807) is 32.9 Å². The molecule has 8 nitrogen and oxygen atoms in total. The van der Waals surface area contributed by atoms with Crippen LogP contribution in [0.25, 0.3) is 10.4 Å². The van der Waals surface area contributed by atoms with Crippen LogP contribution in [0.4, 0.5) is 0 Å². The number of aromatic nitrogens is 4. The van der Waals surface area contributed by atoms with Gasteiger partial charge in [0.05, 0.1) is 17.3 Å². The van der Waals surface area contributed by atoms with Crippen LogP contribution in [0.5, 0.6) is 0 Å². The van der Waals surface area contributed by atoms with Crippen LogP contribution in [0.15, 0.2) is 20.9 Å². The minimum Gasteiger partial charge on any atom is -0.361 e. The van der Waals surface area contributed by atoms with Gasteiger partial charge in [-0.05, 0) is 39.8 Å². The third kappa shape index (κ3) is 3.12. The quantitative estimate of drug-likeness (QED) is 0.716. The van der Waals surface area contributed by atoms with Crippen molar-refractivity contribution in [1.82, 2.24) is 25.1 Å². The second-order valence-electron chi connectivity index (χ2n) is 5.44. The normalized spacial score (nSPS) is 13.3. The fourth-order valence-corrected chi connectivity index (χ4v) is 5.00. The summed E-state index contributed by atoms with van der Waals surface area (Å²) in [5.41, 5.74) is 1.56. The smallest absolute Gasteiger partial charge is 0.250 e. The zero-order valence-corrected chi connectivity index (χ0v) is 15.2. The molecule has 0 aliphatic carbocycles. The number of aryl methyl sites for hydroxylation is 3. The highest BCUT2D eigenvalue weighted by Gasteiger charge is 2.24. The van der Waals surface area contributed by atoms with Crippen LogP contribution >= 0.6 is 11.3 Å². The van der Waals surface area contributed by atoms with Crippen LogP contribution in [-0.2, 0) is 10.0 Å². The molecule has 0 aliphatic heterocycles. The lowest BCUT2D eigenvalue weighted by Gasteiger charge is -2.09. The van der Waals surface area contributed by atoms with Crippen molar-refractivity contribution < 1.29 is 12.9 Å². The lowest BCUT2D eigenvalue weighted by atomic mass is 10.2. The van der Waals surface area contributed by atoms with Gasteiger partial charge in [0.15, 0.2) is 5.82 Å². The molecular formula is C14H17N5O3S2. The summed E-state index contributed by atoms with van der Waals surface area (Å²) in [6, 6.07) is 2.79. The fourth-order valence-electron chi connectivity index (χ4n) is 2.33. The van der Waals surface area contributed by atoms with E-state index in [9.17, 15) is 8.42 Å². The van der Waals surface area contributed by atoms with E-state index in [-0.39, 0.29) is 4.21 Å². The first-order valence-corrected chi connectivity index (χ1v) is 9.52. The van der Waals surface area contributed by atoms with E-state index in [1.165, 1.54) is 11.3 Å². The molecule has 24 heavy (non-hydrogen) atoms. The molecule has 0 aromatic carbocycles. The van der Waals surface area contributed by atoms with Crippen LogP contribution in [-0.4, -0.2) is 28.8 Å². The first kappa shape index (κ1) is 16.8. The first-order valence-electron chi connectivity index (χ1n) is 7.22. The lowest BCUT2D eigenvalue weighted by Crippen LogP contribution is -2.27. The number of thiophene rings is 1. The summed E-state index contributed by atoms with van der Waals surface area (Å²) in [6.07, 6.45) is 0. The van der Waals surface area contributed by atoms with Gasteiger partial charge in [0.25, 0.3) is 10.0 Å². The summed E-state index contributed by atoms with van der Waals surface area (Å²) in [7, 11) is -3.67. The number of H-pyrrole nitrogens is 1. The standard InChI is InChI=1S/C14H17N5O3S2/c1-7-13(9(3)22-18-7)11-5-6-12(23-11)24(20,21)19-8(2)14-15-10(4)16-17-14/h5-6,8,19H,1-4H3,(H,15,16,17)/t8-/m1/s1. The van der Waals surface area contributed by atoms with Gasteiger partial charge in [0, 0.05) is 4.88 Å². The van der Waals surface area contributed by atoms with E-state index in [1.807, 2.05) is 6.92 Å². The summed E-state index contributed by atoms with van der Waals surface area (Å²) < 4.78 is 33.1. The number of nitrogens with zero attached hydrogens (tertiary/aromatic N) is 3. The van der Waals surface area contributed by atoms with Gasteiger partial charge in [-0.15, -0.1) is 11.3 Å². The van der Waals surface area contributed by atoms with Crippen molar-refractivity contribution >= 4 is 21.4 Å². The van der Waals surface area contributed by atoms with Crippen molar-refractivity contribution in [1.29, 1.82) is 0 Å². The van der Waals surface area contributed by atoms with E-state index in [0.717, 1.165) is 16.1 Å².